The number of aliphatic hydroxyl groups excluding tert-OH is 1. The predicted octanol–water partition coefficient (Wildman–Crippen LogP) is -0.469. The number of rotatable bonds is 4. The van der Waals surface area contributed by atoms with E-state index in [-0.39, 0.29) is 18.6 Å². The first kappa shape index (κ1) is 10.5. The van der Waals surface area contributed by atoms with Gasteiger partial charge >= 0.3 is 0 Å². The molecule has 1 heterocycles. The molecular formula is C9H18N2O2. The number of amides is 1. The van der Waals surface area contributed by atoms with Gasteiger partial charge in [0.1, 0.15) is 0 Å². The molecule has 4 nitrogen and oxygen atoms in total. The fourth-order valence-corrected chi connectivity index (χ4v) is 1.17. The highest BCUT2D eigenvalue weighted by atomic mass is 16.3. The standard InChI is InChI=1S/C9H18N2O2/c1-8(7-12)10(2)6-9(13)11-4-3-5-11/h8,12H,3-7H2,1-2H3. The molecule has 1 fully saturated rings. The Morgan fingerprint density at radius 2 is 2.23 bits per heavy atom. The Balaban J connectivity index is 2.26. The van der Waals surface area contributed by atoms with Crippen LogP contribution in [0.4, 0.5) is 0 Å². The number of likely N-dealkylation sites (tertiary alicyclic amines) is 1. The van der Waals surface area contributed by atoms with Crippen LogP contribution < -0.4 is 0 Å². The summed E-state index contributed by atoms with van der Waals surface area (Å²) in [5.74, 6) is 0.175. The van der Waals surface area contributed by atoms with Crippen LogP contribution in [0.5, 0.6) is 0 Å². The number of hydrogen-bond donors (Lipinski definition) is 1. The van der Waals surface area contributed by atoms with Crippen molar-refractivity contribution in [3.8, 4) is 0 Å². The van der Waals surface area contributed by atoms with Crippen molar-refractivity contribution < 1.29 is 9.90 Å². The van der Waals surface area contributed by atoms with Crippen molar-refractivity contribution in [3.63, 3.8) is 0 Å². The Bertz CT molecular complexity index is 180. The van der Waals surface area contributed by atoms with Crippen molar-refractivity contribution in [2.45, 2.75) is 19.4 Å². The summed E-state index contributed by atoms with van der Waals surface area (Å²) in [6.45, 7) is 4.23. The van der Waals surface area contributed by atoms with E-state index >= 15 is 0 Å². The number of nitrogens with zero attached hydrogens (tertiary/aromatic N) is 2. The summed E-state index contributed by atoms with van der Waals surface area (Å²) < 4.78 is 0. The van der Waals surface area contributed by atoms with Crippen molar-refractivity contribution in [1.82, 2.24) is 9.80 Å². The van der Waals surface area contributed by atoms with Crippen molar-refractivity contribution in [1.29, 1.82) is 0 Å². The summed E-state index contributed by atoms with van der Waals surface area (Å²) >= 11 is 0. The van der Waals surface area contributed by atoms with Gasteiger partial charge in [-0.05, 0) is 20.4 Å². The van der Waals surface area contributed by atoms with E-state index in [1.165, 1.54) is 0 Å². The van der Waals surface area contributed by atoms with Gasteiger partial charge in [-0.25, -0.2) is 0 Å². The van der Waals surface area contributed by atoms with E-state index in [2.05, 4.69) is 0 Å². The first-order chi connectivity index (χ1) is 6.15. The van der Waals surface area contributed by atoms with Gasteiger partial charge in [0.15, 0.2) is 0 Å². The third-order valence-corrected chi connectivity index (χ3v) is 2.61. The quantitative estimate of drug-likeness (QED) is 0.645. The topological polar surface area (TPSA) is 43.8 Å². The zero-order chi connectivity index (χ0) is 9.84. The SMILES string of the molecule is CC(CO)N(C)CC(=O)N1CCC1. The molecule has 1 unspecified atom stereocenters. The molecule has 1 atom stereocenters. The van der Waals surface area contributed by atoms with Crippen LogP contribution in [-0.4, -0.2) is 60.1 Å². The number of carbonyl (C=O) groups is 1. The molecule has 1 rings (SSSR count). The second-order valence-electron chi connectivity index (χ2n) is 3.68. The highest BCUT2D eigenvalue weighted by molar-refractivity contribution is 5.78. The third kappa shape index (κ3) is 2.67. The van der Waals surface area contributed by atoms with Gasteiger partial charge in [-0.1, -0.05) is 0 Å². The Hall–Kier alpha value is -0.610. The minimum absolute atomic E-state index is 0.0604. The molecule has 0 aliphatic carbocycles. The van der Waals surface area contributed by atoms with Crippen LogP contribution in [0.2, 0.25) is 0 Å². The Labute approximate surface area is 79.1 Å². The number of likely N-dealkylation sites (N-methyl/N-ethyl adjacent to an activating group) is 1. The van der Waals surface area contributed by atoms with Gasteiger partial charge in [-0.15, -0.1) is 0 Å². The molecular weight excluding hydrogens is 168 g/mol. The summed E-state index contributed by atoms with van der Waals surface area (Å²) in [6.07, 6.45) is 1.13. The van der Waals surface area contributed by atoms with Gasteiger partial charge in [-0.2, -0.15) is 0 Å². The summed E-state index contributed by atoms with van der Waals surface area (Å²) in [6, 6.07) is 0.0604. The minimum atomic E-state index is 0.0604. The molecule has 4 heteroatoms. The van der Waals surface area contributed by atoms with E-state index in [4.69, 9.17) is 5.11 Å². The van der Waals surface area contributed by atoms with E-state index in [1.807, 2.05) is 23.8 Å². The van der Waals surface area contributed by atoms with E-state index in [9.17, 15) is 4.79 Å². The van der Waals surface area contributed by atoms with Crippen molar-refractivity contribution in [2.24, 2.45) is 0 Å². The molecule has 76 valence electrons. The highest BCUT2D eigenvalue weighted by Gasteiger charge is 2.22. The zero-order valence-electron chi connectivity index (χ0n) is 8.36. The first-order valence-electron chi connectivity index (χ1n) is 4.74. The lowest BCUT2D eigenvalue weighted by atomic mass is 10.2. The fraction of sp³-hybridized carbons (Fsp3) is 0.889. The Kier molecular flexibility index (Phi) is 3.69. The molecule has 0 aromatic carbocycles. The smallest absolute Gasteiger partial charge is 0.236 e. The maximum absolute atomic E-state index is 11.5. The summed E-state index contributed by atoms with van der Waals surface area (Å²) in [4.78, 5) is 15.2. The van der Waals surface area contributed by atoms with Gasteiger partial charge in [0.2, 0.25) is 5.91 Å². The minimum Gasteiger partial charge on any atom is -0.395 e. The van der Waals surface area contributed by atoms with Gasteiger partial charge in [0.25, 0.3) is 0 Å². The summed E-state index contributed by atoms with van der Waals surface area (Å²) in [5, 5.41) is 8.86. The van der Waals surface area contributed by atoms with E-state index in [0.717, 1.165) is 19.5 Å². The predicted molar refractivity (Wildman–Crippen MR) is 50.4 cm³/mol. The van der Waals surface area contributed by atoms with Crippen molar-refractivity contribution in [3.05, 3.63) is 0 Å². The normalized spacial score (nSPS) is 18.6. The molecule has 1 aliphatic heterocycles. The fourth-order valence-electron chi connectivity index (χ4n) is 1.17. The summed E-state index contributed by atoms with van der Waals surface area (Å²) in [5.41, 5.74) is 0. The molecule has 0 radical (unpaired) electrons. The maximum atomic E-state index is 11.5. The molecule has 1 amide bonds. The zero-order valence-corrected chi connectivity index (χ0v) is 8.36. The Morgan fingerprint density at radius 1 is 1.62 bits per heavy atom. The van der Waals surface area contributed by atoms with Crippen LogP contribution in [0.3, 0.4) is 0 Å². The largest absolute Gasteiger partial charge is 0.395 e. The monoisotopic (exact) mass is 186 g/mol. The van der Waals surface area contributed by atoms with Crippen molar-refractivity contribution >= 4 is 5.91 Å². The van der Waals surface area contributed by atoms with Crippen LogP contribution in [0, 0.1) is 0 Å². The van der Waals surface area contributed by atoms with Crippen molar-refractivity contribution in [2.75, 3.05) is 33.3 Å². The van der Waals surface area contributed by atoms with Gasteiger partial charge < -0.3 is 10.0 Å². The summed E-state index contributed by atoms with van der Waals surface area (Å²) in [7, 11) is 1.86. The molecule has 1 saturated heterocycles. The molecule has 1 N–H and O–H groups in total. The molecule has 0 spiro atoms. The van der Waals surface area contributed by atoms with Crippen LogP contribution in [-0.2, 0) is 4.79 Å². The first-order valence-corrected chi connectivity index (χ1v) is 4.74. The maximum Gasteiger partial charge on any atom is 0.236 e. The van der Waals surface area contributed by atoms with Gasteiger partial charge in [0.05, 0.1) is 13.2 Å². The number of hydrogen-bond acceptors (Lipinski definition) is 3. The number of carbonyl (C=O) groups excluding carboxylic acids is 1. The van der Waals surface area contributed by atoms with Gasteiger partial charge in [-0.3, -0.25) is 9.69 Å². The molecule has 0 bridgehead atoms. The van der Waals surface area contributed by atoms with Crippen LogP contribution in [0.25, 0.3) is 0 Å². The second kappa shape index (κ2) is 4.58. The lowest BCUT2D eigenvalue weighted by molar-refractivity contribution is -0.136. The van der Waals surface area contributed by atoms with E-state index in [1.54, 1.807) is 0 Å². The third-order valence-electron chi connectivity index (χ3n) is 2.61. The average molecular weight is 186 g/mol. The molecule has 0 saturated carbocycles. The van der Waals surface area contributed by atoms with Gasteiger partial charge in [0, 0.05) is 19.1 Å². The lowest BCUT2D eigenvalue weighted by Gasteiger charge is -2.33. The lowest BCUT2D eigenvalue weighted by Crippen LogP contribution is -2.48. The molecule has 0 aromatic heterocycles. The van der Waals surface area contributed by atoms with Crippen LogP contribution in [0.1, 0.15) is 13.3 Å². The highest BCUT2D eigenvalue weighted by Crippen LogP contribution is 2.06. The average Bonchev–Trinajstić information content (AvgIpc) is 1.99. The number of aliphatic hydroxyl groups is 1. The molecule has 1 aliphatic rings. The second-order valence-corrected chi connectivity index (χ2v) is 3.68. The molecule has 13 heavy (non-hydrogen) atoms. The van der Waals surface area contributed by atoms with E-state index < -0.39 is 0 Å². The van der Waals surface area contributed by atoms with E-state index in [0.29, 0.717) is 6.54 Å². The molecule has 0 aromatic rings. The van der Waals surface area contributed by atoms with Crippen LogP contribution in [0.15, 0.2) is 0 Å². The Morgan fingerprint density at radius 3 is 2.62 bits per heavy atom. The van der Waals surface area contributed by atoms with Crippen LogP contribution >= 0.6 is 0 Å².